The van der Waals surface area contributed by atoms with Crippen molar-refractivity contribution in [2.75, 3.05) is 31.1 Å². The largest absolute Gasteiger partial charge is 0.371 e. The summed E-state index contributed by atoms with van der Waals surface area (Å²) in [5.74, 6) is 0.622. The predicted octanol–water partition coefficient (Wildman–Crippen LogP) is 3.23. The number of carbonyl (C=O) groups excluding carboxylic acids is 1. The van der Waals surface area contributed by atoms with Crippen LogP contribution in [-0.2, 0) is 6.54 Å². The lowest BCUT2D eigenvalue weighted by atomic mass is 10.0. The number of likely N-dealkylation sites (tertiary alicyclic amines) is 1. The lowest BCUT2D eigenvalue weighted by Crippen LogP contribution is -2.44. The molecule has 2 heterocycles. The maximum Gasteiger partial charge on any atom is 0.317 e. The fourth-order valence-electron chi connectivity index (χ4n) is 3.58. The van der Waals surface area contributed by atoms with Crippen LogP contribution in [0.5, 0.6) is 0 Å². The zero-order valence-corrected chi connectivity index (χ0v) is 13.6. The molecule has 0 radical (unpaired) electrons. The van der Waals surface area contributed by atoms with Gasteiger partial charge in [0.25, 0.3) is 0 Å². The molecule has 2 saturated heterocycles. The third kappa shape index (κ3) is 3.54. The minimum absolute atomic E-state index is 0.0859. The Morgan fingerprint density at radius 3 is 2.73 bits per heavy atom. The van der Waals surface area contributed by atoms with Crippen molar-refractivity contribution >= 4 is 11.7 Å². The molecule has 2 fully saturated rings. The lowest BCUT2D eigenvalue weighted by Gasteiger charge is -2.31. The molecular formula is C18H27N3O. The number of para-hydroxylation sites is 1. The Morgan fingerprint density at radius 2 is 1.95 bits per heavy atom. The minimum atomic E-state index is 0.0859. The average Bonchev–Trinajstić information content (AvgIpc) is 3.07. The summed E-state index contributed by atoms with van der Waals surface area (Å²) in [6.45, 7) is 6.89. The number of carbonyl (C=O) groups is 1. The van der Waals surface area contributed by atoms with Gasteiger partial charge in [-0.2, -0.15) is 0 Å². The zero-order chi connectivity index (χ0) is 15.4. The Kier molecular flexibility index (Phi) is 4.86. The van der Waals surface area contributed by atoms with Crippen LogP contribution in [0.1, 0.15) is 38.2 Å². The van der Waals surface area contributed by atoms with Crippen molar-refractivity contribution in [3.8, 4) is 0 Å². The predicted molar refractivity (Wildman–Crippen MR) is 90.1 cm³/mol. The first-order valence-corrected chi connectivity index (χ1v) is 8.59. The molecule has 22 heavy (non-hydrogen) atoms. The first-order valence-electron chi connectivity index (χ1n) is 8.59. The summed E-state index contributed by atoms with van der Waals surface area (Å²) in [4.78, 5) is 16.8. The van der Waals surface area contributed by atoms with Gasteiger partial charge in [0, 0.05) is 38.4 Å². The summed E-state index contributed by atoms with van der Waals surface area (Å²) < 4.78 is 0. The van der Waals surface area contributed by atoms with Gasteiger partial charge in [-0.15, -0.1) is 0 Å². The Hall–Kier alpha value is -1.71. The molecule has 0 saturated carbocycles. The van der Waals surface area contributed by atoms with E-state index in [1.54, 1.807) is 0 Å². The quantitative estimate of drug-likeness (QED) is 0.930. The number of amides is 2. The number of hydrogen-bond donors (Lipinski definition) is 1. The van der Waals surface area contributed by atoms with Gasteiger partial charge in [-0.1, -0.05) is 25.1 Å². The van der Waals surface area contributed by atoms with Crippen molar-refractivity contribution in [1.82, 2.24) is 10.2 Å². The molecule has 1 N–H and O–H groups in total. The van der Waals surface area contributed by atoms with Crippen LogP contribution in [0.3, 0.4) is 0 Å². The zero-order valence-electron chi connectivity index (χ0n) is 13.6. The molecule has 1 aromatic carbocycles. The van der Waals surface area contributed by atoms with Crippen LogP contribution in [0.15, 0.2) is 24.3 Å². The van der Waals surface area contributed by atoms with E-state index < -0.39 is 0 Å². The van der Waals surface area contributed by atoms with E-state index in [0.717, 1.165) is 32.6 Å². The summed E-state index contributed by atoms with van der Waals surface area (Å²) in [5.41, 5.74) is 2.51. The molecule has 2 amide bonds. The van der Waals surface area contributed by atoms with Crippen molar-refractivity contribution in [2.45, 2.75) is 39.2 Å². The molecule has 1 unspecified atom stereocenters. The van der Waals surface area contributed by atoms with E-state index in [4.69, 9.17) is 0 Å². The van der Waals surface area contributed by atoms with Gasteiger partial charge in [0.15, 0.2) is 0 Å². The van der Waals surface area contributed by atoms with Gasteiger partial charge in [-0.25, -0.2) is 4.79 Å². The Bertz CT molecular complexity index is 511. The molecule has 120 valence electrons. The van der Waals surface area contributed by atoms with E-state index >= 15 is 0 Å². The topological polar surface area (TPSA) is 35.6 Å². The second-order valence-corrected chi connectivity index (χ2v) is 6.67. The number of nitrogens with zero attached hydrogens (tertiary/aromatic N) is 2. The molecule has 2 aliphatic heterocycles. The van der Waals surface area contributed by atoms with E-state index in [-0.39, 0.29) is 6.03 Å². The van der Waals surface area contributed by atoms with Crippen LogP contribution in [-0.4, -0.2) is 37.1 Å². The number of nitrogens with one attached hydrogen (secondary N) is 1. The SMILES string of the molecule is CC1CCCN(C(=O)NCc2ccccc2N2CCCC2)C1. The molecular weight excluding hydrogens is 274 g/mol. The second kappa shape index (κ2) is 7.03. The molecule has 0 aromatic heterocycles. The molecule has 0 aliphatic carbocycles. The first kappa shape index (κ1) is 15.2. The van der Waals surface area contributed by atoms with E-state index in [0.29, 0.717) is 12.5 Å². The summed E-state index contributed by atoms with van der Waals surface area (Å²) >= 11 is 0. The molecule has 3 rings (SSSR count). The van der Waals surface area contributed by atoms with Crippen LogP contribution >= 0.6 is 0 Å². The van der Waals surface area contributed by atoms with Crippen LogP contribution in [0, 0.1) is 5.92 Å². The second-order valence-electron chi connectivity index (χ2n) is 6.67. The number of urea groups is 1. The van der Waals surface area contributed by atoms with Gasteiger partial charge >= 0.3 is 6.03 Å². The first-order chi connectivity index (χ1) is 10.7. The fourth-order valence-corrected chi connectivity index (χ4v) is 3.58. The lowest BCUT2D eigenvalue weighted by molar-refractivity contribution is 0.169. The van der Waals surface area contributed by atoms with E-state index in [1.165, 1.54) is 30.5 Å². The van der Waals surface area contributed by atoms with E-state index in [1.807, 2.05) is 4.90 Å². The van der Waals surface area contributed by atoms with E-state index in [9.17, 15) is 4.79 Å². The van der Waals surface area contributed by atoms with Gasteiger partial charge in [0.2, 0.25) is 0 Å². The standard InChI is InChI=1S/C18H27N3O/c1-15-7-6-12-21(14-15)18(22)19-13-16-8-2-3-9-17(16)20-10-4-5-11-20/h2-3,8-9,15H,4-7,10-14H2,1H3,(H,19,22). The van der Waals surface area contributed by atoms with Crippen LogP contribution < -0.4 is 10.2 Å². The Morgan fingerprint density at radius 1 is 1.18 bits per heavy atom. The average molecular weight is 301 g/mol. The van der Waals surface area contributed by atoms with Crippen molar-refractivity contribution in [1.29, 1.82) is 0 Å². The maximum atomic E-state index is 12.4. The molecule has 4 heteroatoms. The van der Waals surface area contributed by atoms with Crippen LogP contribution in [0.25, 0.3) is 0 Å². The fraction of sp³-hybridized carbons (Fsp3) is 0.611. The van der Waals surface area contributed by atoms with Crippen molar-refractivity contribution in [2.24, 2.45) is 5.92 Å². The normalized spacial score (nSPS) is 22.0. The summed E-state index contributed by atoms with van der Waals surface area (Å²) in [7, 11) is 0. The number of benzene rings is 1. The number of piperidine rings is 1. The van der Waals surface area contributed by atoms with Gasteiger partial charge in [-0.05, 0) is 43.2 Å². The third-order valence-electron chi connectivity index (χ3n) is 4.81. The molecule has 1 atom stereocenters. The highest BCUT2D eigenvalue weighted by Crippen LogP contribution is 2.24. The van der Waals surface area contributed by atoms with Crippen LogP contribution in [0.2, 0.25) is 0 Å². The van der Waals surface area contributed by atoms with Crippen molar-refractivity contribution in [3.05, 3.63) is 29.8 Å². The van der Waals surface area contributed by atoms with Gasteiger partial charge < -0.3 is 15.1 Å². The van der Waals surface area contributed by atoms with Crippen LogP contribution in [0.4, 0.5) is 10.5 Å². The minimum Gasteiger partial charge on any atom is -0.371 e. The Labute approximate surface area is 133 Å². The summed E-state index contributed by atoms with van der Waals surface area (Å²) in [6, 6.07) is 8.54. The number of hydrogen-bond acceptors (Lipinski definition) is 2. The number of rotatable bonds is 3. The molecule has 2 aliphatic rings. The van der Waals surface area contributed by atoms with Crippen molar-refractivity contribution in [3.63, 3.8) is 0 Å². The Balaban J connectivity index is 1.60. The van der Waals surface area contributed by atoms with Gasteiger partial charge in [0.1, 0.15) is 0 Å². The molecule has 4 nitrogen and oxygen atoms in total. The summed E-state index contributed by atoms with van der Waals surface area (Å²) in [5, 5.41) is 3.11. The summed E-state index contributed by atoms with van der Waals surface area (Å²) in [6.07, 6.45) is 4.90. The van der Waals surface area contributed by atoms with Gasteiger partial charge in [0.05, 0.1) is 0 Å². The van der Waals surface area contributed by atoms with E-state index in [2.05, 4.69) is 41.4 Å². The van der Waals surface area contributed by atoms with Gasteiger partial charge in [-0.3, -0.25) is 0 Å². The highest BCUT2D eigenvalue weighted by molar-refractivity contribution is 5.74. The highest BCUT2D eigenvalue weighted by atomic mass is 16.2. The van der Waals surface area contributed by atoms with Crippen molar-refractivity contribution < 1.29 is 4.79 Å². The highest BCUT2D eigenvalue weighted by Gasteiger charge is 2.21. The monoisotopic (exact) mass is 301 g/mol. The number of anilines is 1. The smallest absolute Gasteiger partial charge is 0.317 e. The maximum absolute atomic E-state index is 12.4. The molecule has 0 spiro atoms. The molecule has 1 aromatic rings. The third-order valence-corrected chi connectivity index (χ3v) is 4.81. The molecule has 0 bridgehead atoms.